The number of hydrogen-bond acceptors (Lipinski definition) is 5. The fourth-order valence-corrected chi connectivity index (χ4v) is 7.66. The van der Waals surface area contributed by atoms with Crippen molar-refractivity contribution in [3.63, 3.8) is 0 Å². The fourth-order valence-electron chi connectivity index (χ4n) is 6.15. The molecule has 0 spiro atoms. The van der Waals surface area contributed by atoms with Crippen molar-refractivity contribution in [2.75, 3.05) is 32.2 Å². The number of fused-ring (bicyclic) bond motifs is 2. The van der Waals surface area contributed by atoms with E-state index in [0.29, 0.717) is 20.1 Å². The van der Waals surface area contributed by atoms with E-state index in [1.807, 2.05) is 7.05 Å². The molecule has 0 radical (unpaired) electrons. The lowest BCUT2D eigenvalue weighted by Crippen LogP contribution is -2.32. The van der Waals surface area contributed by atoms with Crippen LogP contribution in [0, 0.1) is 5.41 Å². The first kappa shape index (κ1) is 34.6. The minimum absolute atomic E-state index is 0.0313. The molecule has 46 heavy (non-hydrogen) atoms. The van der Waals surface area contributed by atoms with Crippen LogP contribution in [0.4, 0.5) is 5.69 Å². The molecule has 1 atom stereocenters. The SMILES string of the molecule is CNc1ccc2cc(-c3nn(COCC[Si](C)(C)C)c4c3CCC(C)(COCc3ccccc3)C4)n(COCC[Si](C)(C)C)c2c1. The number of aromatic nitrogens is 3. The molecule has 1 unspecified atom stereocenters. The van der Waals surface area contributed by atoms with Crippen molar-refractivity contribution in [3.8, 4) is 11.4 Å². The van der Waals surface area contributed by atoms with E-state index >= 15 is 0 Å². The summed E-state index contributed by atoms with van der Waals surface area (Å²) in [6, 6.07) is 21.6. The quantitative estimate of drug-likeness (QED) is 0.0961. The smallest absolute Gasteiger partial charge is 0.139 e. The summed E-state index contributed by atoms with van der Waals surface area (Å²) in [5.41, 5.74) is 8.32. The highest BCUT2D eigenvalue weighted by Crippen LogP contribution is 2.41. The summed E-state index contributed by atoms with van der Waals surface area (Å²) in [5, 5.41) is 9.85. The number of hydrogen-bond donors (Lipinski definition) is 1. The Morgan fingerprint density at radius 1 is 0.870 bits per heavy atom. The van der Waals surface area contributed by atoms with Crippen molar-refractivity contribution in [3.05, 3.63) is 71.4 Å². The summed E-state index contributed by atoms with van der Waals surface area (Å²) < 4.78 is 23.5. The third-order valence-electron chi connectivity index (χ3n) is 9.16. The van der Waals surface area contributed by atoms with Gasteiger partial charge in [0.1, 0.15) is 19.2 Å². The van der Waals surface area contributed by atoms with E-state index in [9.17, 15) is 0 Å². The number of nitrogens with one attached hydrogen (secondary N) is 1. The van der Waals surface area contributed by atoms with E-state index in [4.69, 9.17) is 19.3 Å². The van der Waals surface area contributed by atoms with Crippen LogP contribution in [0.2, 0.25) is 51.4 Å². The topological polar surface area (TPSA) is 62.5 Å². The van der Waals surface area contributed by atoms with E-state index in [0.717, 1.165) is 68.2 Å². The lowest BCUT2D eigenvalue weighted by molar-refractivity contribution is 0.0305. The fraction of sp³-hybridized carbons (Fsp3) is 0.541. The van der Waals surface area contributed by atoms with E-state index in [-0.39, 0.29) is 5.41 Å². The molecule has 0 amide bonds. The second kappa shape index (κ2) is 14.6. The zero-order valence-corrected chi connectivity index (χ0v) is 31.5. The Balaban J connectivity index is 1.46. The van der Waals surface area contributed by atoms with Crippen molar-refractivity contribution in [2.24, 2.45) is 5.41 Å². The average Bonchev–Trinajstić information content (AvgIpc) is 3.53. The number of nitrogens with zero attached hydrogens (tertiary/aromatic N) is 3. The molecule has 0 saturated heterocycles. The molecule has 7 nitrogen and oxygen atoms in total. The second-order valence-corrected chi connectivity index (χ2v) is 27.2. The van der Waals surface area contributed by atoms with Crippen molar-refractivity contribution in [1.82, 2.24) is 14.3 Å². The Morgan fingerprint density at radius 3 is 2.24 bits per heavy atom. The second-order valence-electron chi connectivity index (χ2n) is 15.9. The molecule has 250 valence electrons. The largest absolute Gasteiger partial charge is 0.388 e. The lowest BCUT2D eigenvalue weighted by Gasteiger charge is -2.34. The molecule has 4 aromatic rings. The summed E-state index contributed by atoms with van der Waals surface area (Å²) in [6.45, 7) is 20.7. The van der Waals surface area contributed by atoms with Gasteiger partial charge in [0.05, 0.1) is 24.4 Å². The minimum Gasteiger partial charge on any atom is -0.388 e. The molecule has 2 aromatic carbocycles. The highest BCUT2D eigenvalue weighted by molar-refractivity contribution is 6.76. The van der Waals surface area contributed by atoms with Gasteiger partial charge in [0.2, 0.25) is 0 Å². The Hall–Kier alpha value is -2.70. The summed E-state index contributed by atoms with van der Waals surface area (Å²) in [7, 11) is -0.412. The van der Waals surface area contributed by atoms with Gasteiger partial charge >= 0.3 is 0 Å². The van der Waals surface area contributed by atoms with Crippen molar-refractivity contribution >= 4 is 32.7 Å². The van der Waals surface area contributed by atoms with Gasteiger partial charge in [-0.05, 0) is 60.5 Å². The highest BCUT2D eigenvalue weighted by atomic mass is 28.3. The van der Waals surface area contributed by atoms with E-state index in [1.54, 1.807) is 0 Å². The maximum absolute atomic E-state index is 6.38. The summed E-state index contributed by atoms with van der Waals surface area (Å²) in [6.07, 6.45) is 2.93. The third-order valence-corrected chi connectivity index (χ3v) is 12.6. The van der Waals surface area contributed by atoms with Crippen molar-refractivity contribution in [2.45, 2.75) is 97.6 Å². The van der Waals surface area contributed by atoms with Crippen LogP contribution in [0.25, 0.3) is 22.3 Å². The monoisotopic (exact) mass is 660 g/mol. The first-order chi connectivity index (χ1) is 21.8. The number of anilines is 1. The molecule has 0 saturated carbocycles. The van der Waals surface area contributed by atoms with Crippen molar-refractivity contribution in [1.29, 1.82) is 0 Å². The van der Waals surface area contributed by atoms with Crippen LogP contribution in [-0.2, 0) is 47.1 Å². The van der Waals surface area contributed by atoms with Gasteiger partial charge in [-0.3, -0.25) is 0 Å². The lowest BCUT2D eigenvalue weighted by atomic mass is 9.75. The average molecular weight is 661 g/mol. The zero-order chi connectivity index (χ0) is 33.0. The van der Waals surface area contributed by atoms with Crippen LogP contribution in [-0.4, -0.2) is 57.4 Å². The molecule has 1 aliphatic carbocycles. The molecule has 0 fully saturated rings. The van der Waals surface area contributed by atoms with E-state index in [1.165, 1.54) is 27.7 Å². The molecule has 2 heterocycles. The van der Waals surface area contributed by atoms with E-state index < -0.39 is 16.1 Å². The number of ether oxygens (including phenoxy) is 3. The zero-order valence-electron chi connectivity index (χ0n) is 29.5. The summed E-state index contributed by atoms with van der Waals surface area (Å²) in [4.78, 5) is 0. The molecule has 2 aromatic heterocycles. The van der Waals surface area contributed by atoms with Gasteiger partial charge in [-0.2, -0.15) is 5.10 Å². The van der Waals surface area contributed by atoms with Gasteiger partial charge in [-0.1, -0.05) is 82.6 Å². The molecule has 0 aliphatic heterocycles. The van der Waals surface area contributed by atoms with Crippen LogP contribution in [0.3, 0.4) is 0 Å². The Bertz CT molecular complexity index is 1590. The Kier molecular flexibility index (Phi) is 11.0. The van der Waals surface area contributed by atoms with Crippen LogP contribution < -0.4 is 5.32 Å². The van der Waals surface area contributed by atoms with Gasteiger partial charge in [0, 0.05) is 58.7 Å². The Labute approximate surface area is 278 Å². The Morgan fingerprint density at radius 2 is 1.57 bits per heavy atom. The van der Waals surface area contributed by atoms with Gasteiger partial charge in [0.25, 0.3) is 0 Å². The predicted octanol–water partition coefficient (Wildman–Crippen LogP) is 8.88. The first-order valence-corrected chi connectivity index (χ1v) is 24.4. The highest BCUT2D eigenvalue weighted by Gasteiger charge is 2.36. The van der Waals surface area contributed by atoms with E-state index in [2.05, 4.69) is 115 Å². The number of rotatable bonds is 16. The summed E-state index contributed by atoms with van der Waals surface area (Å²) in [5.74, 6) is 0. The molecule has 0 bridgehead atoms. The van der Waals surface area contributed by atoms with Crippen LogP contribution in [0.1, 0.15) is 30.2 Å². The number of benzene rings is 2. The normalized spacial score (nSPS) is 17.0. The standard InChI is InChI=1S/C37H56N4O3Si2/c1-37(26-44-25-29-12-10-9-11-13-29)17-16-32-35(24-37)41(28-43-19-21-46(6,7)8)39-36(32)34-22-30-14-15-31(38-2)23-33(30)40(34)27-42-18-20-45(3,4)5/h9-15,22-23,38H,16-21,24-28H2,1-8H3. The molecule has 1 aliphatic rings. The molecule has 9 heteroatoms. The molecular formula is C37H56N4O3Si2. The summed E-state index contributed by atoms with van der Waals surface area (Å²) >= 11 is 0. The minimum atomic E-state index is -1.19. The molecule has 5 rings (SSSR count). The maximum Gasteiger partial charge on any atom is 0.139 e. The van der Waals surface area contributed by atoms with Gasteiger partial charge < -0.3 is 24.1 Å². The molecular weight excluding hydrogens is 605 g/mol. The van der Waals surface area contributed by atoms with Gasteiger partial charge in [-0.25, -0.2) is 4.68 Å². The third kappa shape index (κ3) is 9.01. The molecule has 1 N–H and O–H groups in total. The van der Waals surface area contributed by atoms with Gasteiger partial charge in [-0.15, -0.1) is 0 Å². The maximum atomic E-state index is 6.38. The van der Waals surface area contributed by atoms with Gasteiger partial charge in [0.15, 0.2) is 0 Å². The van der Waals surface area contributed by atoms with Crippen LogP contribution in [0.15, 0.2) is 54.6 Å². The van der Waals surface area contributed by atoms with Crippen molar-refractivity contribution < 1.29 is 14.2 Å². The van der Waals surface area contributed by atoms with Crippen LogP contribution >= 0.6 is 0 Å². The van der Waals surface area contributed by atoms with Crippen LogP contribution in [0.5, 0.6) is 0 Å². The predicted molar refractivity (Wildman–Crippen MR) is 197 cm³/mol. The first-order valence-electron chi connectivity index (χ1n) is 17.0.